The van der Waals surface area contributed by atoms with Crippen LogP contribution in [0.15, 0.2) is 72.9 Å². The van der Waals surface area contributed by atoms with Gasteiger partial charge in [0.1, 0.15) is 6.04 Å². The first-order chi connectivity index (χ1) is 15.2. The number of amides is 2. The minimum atomic E-state index is -0.399. The zero-order valence-electron chi connectivity index (χ0n) is 17.3. The fourth-order valence-corrected chi connectivity index (χ4v) is 4.60. The lowest BCUT2D eigenvalue weighted by atomic mass is 9.94. The molecule has 3 aromatic carbocycles. The van der Waals surface area contributed by atoms with Crippen molar-refractivity contribution in [1.82, 2.24) is 15.2 Å². The molecule has 0 spiro atoms. The third-order valence-corrected chi connectivity index (χ3v) is 6.13. The van der Waals surface area contributed by atoms with Crippen molar-refractivity contribution in [1.29, 1.82) is 0 Å². The second-order valence-electron chi connectivity index (χ2n) is 7.89. The number of likely N-dealkylation sites (N-methyl/N-ethyl adjacent to an activating group) is 1. The van der Waals surface area contributed by atoms with E-state index in [1.54, 1.807) is 18.1 Å². The van der Waals surface area contributed by atoms with Crippen LogP contribution < -0.4 is 5.32 Å². The van der Waals surface area contributed by atoms with Gasteiger partial charge in [0.2, 0.25) is 5.91 Å². The Labute approximate surface area is 180 Å². The van der Waals surface area contributed by atoms with Crippen molar-refractivity contribution in [2.45, 2.75) is 18.9 Å². The van der Waals surface area contributed by atoms with Gasteiger partial charge in [-0.25, -0.2) is 0 Å². The fraction of sp³-hybridized carbons (Fsp3) is 0.192. The van der Waals surface area contributed by atoms with Crippen molar-refractivity contribution in [3.05, 3.63) is 78.5 Å². The number of nitrogens with zero attached hydrogens (tertiary/aromatic N) is 2. The Kier molecular flexibility index (Phi) is 4.86. The fourth-order valence-electron chi connectivity index (χ4n) is 4.60. The van der Waals surface area contributed by atoms with Crippen LogP contribution in [0.25, 0.3) is 32.8 Å². The van der Waals surface area contributed by atoms with Crippen molar-refractivity contribution in [2.75, 3.05) is 13.6 Å². The molecule has 5 rings (SSSR count). The topological polar surface area (TPSA) is 62.3 Å². The lowest BCUT2D eigenvalue weighted by Crippen LogP contribution is -2.44. The summed E-state index contributed by atoms with van der Waals surface area (Å²) < 4.78 is 0. The van der Waals surface area contributed by atoms with Crippen molar-refractivity contribution < 1.29 is 9.59 Å². The van der Waals surface area contributed by atoms with Crippen LogP contribution in [0.4, 0.5) is 0 Å². The predicted octanol–water partition coefficient (Wildman–Crippen LogP) is 4.41. The van der Waals surface area contributed by atoms with Crippen LogP contribution in [0.1, 0.15) is 23.2 Å². The summed E-state index contributed by atoms with van der Waals surface area (Å²) in [6, 6.07) is 21.7. The largest absolute Gasteiger partial charge is 0.357 e. The van der Waals surface area contributed by atoms with Gasteiger partial charge in [0.05, 0.1) is 5.52 Å². The maximum atomic E-state index is 13.5. The van der Waals surface area contributed by atoms with Crippen molar-refractivity contribution >= 4 is 33.5 Å². The van der Waals surface area contributed by atoms with E-state index >= 15 is 0 Å². The molecule has 1 aromatic heterocycles. The maximum absolute atomic E-state index is 13.5. The molecule has 1 N–H and O–H groups in total. The highest BCUT2D eigenvalue weighted by atomic mass is 16.2. The number of rotatable bonds is 3. The standard InChI is InChI=1S/C26H23N3O2/c1-27-25(30)24-11-5-15-29(24)26(31)22-10-3-8-20-19(7-2-9-21(20)22)17-12-13-23-18(16-17)6-4-14-28-23/h2-4,6-10,12-14,16,24H,5,11,15H2,1H3,(H,27,30)/t24-/m1/s1. The Morgan fingerprint density at radius 3 is 2.71 bits per heavy atom. The monoisotopic (exact) mass is 409 g/mol. The molecule has 0 unspecified atom stereocenters. The van der Waals surface area contributed by atoms with Crippen LogP contribution in [0, 0.1) is 0 Å². The average molecular weight is 409 g/mol. The second-order valence-corrected chi connectivity index (χ2v) is 7.89. The molecule has 1 aliphatic heterocycles. The minimum absolute atomic E-state index is 0.0865. The van der Waals surface area contributed by atoms with Crippen molar-refractivity contribution in [3.8, 4) is 11.1 Å². The van der Waals surface area contributed by atoms with Gasteiger partial charge < -0.3 is 10.2 Å². The van der Waals surface area contributed by atoms with Gasteiger partial charge in [-0.1, -0.05) is 42.5 Å². The Hall–Kier alpha value is -3.73. The first-order valence-corrected chi connectivity index (χ1v) is 10.6. The highest BCUT2D eigenvalue weighted by Crippen LogP contribution is 2.33. The number of benzene rings is 3. The Morgan fingerprint density at radius 1 is 1.00 bits per heavy atom. The molecular weight excluding hydrogens is 386 g/mol. The molecule has 4 aromatic rings. The minimum Gasteiger partial charge on any atom is -0.357 e. The summed E-state index contributed by atoms with van der Waals surface area (Å²) in [6.45, 7) is 0.602. The number of carbonyl (C=O) groups is 2. The van der Waals surface area contributed by atoms with E-state index in [1.807, 2.05) is 36.4 Å². The first-order valence-electron chi connectivity index (χ1n) is 10.6. The van der Waals surface area contributed by atoms with Crippen LogP contribution >= 0.6 is 0 Å². The number of likely N-dealkylation sites (tertiary alicyclic amines) is 1. The summed E-state index contributed by atoms with van der Waals surface area (Å²) in [5.74, 6) is -0.187. The molecule has 1 fully saturated rings. The second kappa shape index (κ2) is 7.84. The number of aromatic nitrogens is 1. The average Bonchev–Trinajstić information content (AvgIpc) is 3.32. The molecule has 31 heavy (non-hydrogen) atoms. The molecular formula is C26H23N3O2. The van der Waals surface area contributed by atoms with Crippen molar-refractivity contribution in [2.24, 2.45) is 0 Å². The quantitative estimate of drug-likeness (QED) is 0.545. The molecule has 0 aliphatic carbocycles. The van der Waals surface area contributed by atoms with Crippen LogP contribution in [-0.2, 0) is 4.79 Å². The first kappa shape index (κ1) is 19.2. The number of hydrogen-bond acceptors (Lipinski definition) is 3. The molecule has 5 heteroatoms. The van der Waals surface area contributed by atoms with Crippen LogP contribution in [0.3, 0.4) is 0 Å². The van der Waals surface area contributed by atoms with E-state index in [0.29, 0.717) is 18.5 Å². The van der Waals surface area contributed by atoms with Gasteiger partial charge in [-0.2, -0.15) is 0 Å². The number of pyridine rings is 1. The van der Waals surface area contributed by atoms with E-state index in [1.165, 1.54) is 0 Å². The summed E-state index contributed by atoms with van der Waals surface area (Å²) in [6.07, 6.45) is 3.33. The van der Waals surface area contributed by atoms with Gasteiger partial charge in [-0.05, 0) is 59.0 Å². The highest BCUT2D eigenvalue weighted by Gasteiger charge is 2.34. The van der Waals surface area contributed by atoms with Crippen molar-refractivity contribution in [3.63, 3.8) is 0 Å². The van der Waals surface area contributed by atoms with E-state index in [0.717, 1.165) is 39.2 Å². The zero-order valence-corrected chi connectivity index (χ0v) is 17.3. The molecule has 0 bridgehead atoms. The third-order valence-electron chi connectivity index (χ3n) is 6.13. The molecule has 0 saturated carbocycles. The van der Waals surface area contributed by atoms with Gasteiger partial charge in [0.25, 0.3) is 5.91 Å². The van der Waals surface area contributed by atoms with Gasteiger partial charge in [-0.15, -0.1) is 0 Å². The Bertz CT molecular complexity index is 1310. The predicted molar refractivity (Wildman–Crippen MR) is 123 cm³/mol. The molecule has 2 heterocycles. The lowest BCUT2D eigenvalue weighted by molar-refractivity contribution is -0.124. The molecule has 2 amide bonds. The van der Waals surface area contributed by atoms with Gasteiger partial charge in [0, 0.05) is 30.7 Å². The molecule has 1 aliphatic rings. The summed E-state index contributed by atoms with van der Waals surface area (Å²) in [5, 5.41) is 5.69. The normalized spacial score (nSPS) is 16.0. The Balaban J connectivity index is 1.60. The van der Waals surface area contributed by atoms with Gasteiger partial charge in [-0.3, -0.25) is 14.6 Å². The van der Waals surface area contributed by atoms with E-state index in [9.17, 15) is 9.59 Å². The molecule has 1 atom stereocenters. The summed E-state index contributed by atoms with van der Waals surface area (Å²) in [5.41, 5.74) is 3.75. The molecule has 1 saturated heterocycles. The molecule has 154 valence electrons. The Morgan fingerprint density at radius 2 is 1.84 bits per heavy atom. The highest BCUT2D eigenvalue weighted by molar-refractivity contribution is 6.11. The maximum Gasteiger partial charge on any atom is 0.255 e. The third kappa shape index (κ3) is 3.32. The van der Waals surface area contributed by atoms with E-state index in [-0.39, 0.29) is 11.8 Å². The number of carbonyl (C=O) groups excluding carboxylic acids is 2. The summed E-state index contributed by atoms with van der Waals surface area (Å²) in [7, 11) is 1.62. The van der Waals surface area contributed by atoms with Gasteiger partial charge in [0.15, 0.2) is 0 Å². The number of nitrogens with one attached hydrogen (secondary N) is 1. The van der Waals surface area contributed by atoms with E-state index in [4.69, 9.17) is 0 Å². The summed E-state index contributed by atoms with van der Waals surface area (Å²) in [4.78, 5) is 31.8. The van der Waals surface area contributed by atoms with Gasteiger partial charge >= 0.3 is 0 Å². The SMILES string of the molecule is CNC(=O)[C@H]1CCCN1C(=O)c1cccc2c(-c3ccc4ncccc4c3)cccc12. The number of fused-ring (bicyclic) bond motifs is 2. The summed E-state index contributed by atoms with van der Waals surface area (Å²) >= 11 is 0. The molecule has 5 nitrogen and oxygen atoms in total. The molecule has 0 radical (unpaired) electrons. The zero-order chi connectivity index (χ0) is 21.4. The van der Waals surface area contributed by atoms with E-state index in [2.05, 4.69) is 40.6 Å². The smallest absolute Gasteiger partial charge is 0.255 e. The lowest BCUT2D eigenvalue weighted by Gasteiger charge is -2.24. The van der Waals surface area contributed by atoms with Crippen LogP contribution in [0.5, 0.6) is 0 Å². The van der Waals surface area contributed by atoms with Crippen LogP contribution in [0.2, 0.25) is 0 Å². The van der Waals surface area contributed by atoms with Crippen LogP contribution in [-0.4, -0.2) is 41.3 Å². The van der Waals surface area contributed by atoms with E-state index < -0.39 is 6.04 Å². The number of hydrogen-bond donors (Lipinski definition) is 1.